The lowest BCUT2D eigenvalue weighted by atomic mass is 10.1. The molecule has 0 radical (unpaired) electrons. The lowest BCUT2D eigenvalue weighted by Crippen LogP contribution is -2.12. The molecule has 1 heterocycles. The van der Waals surface area contributed by atoms with Gasteiger partial charge in [-0.1, -0.05) is 24.3 Å². The first-order valence-electron chi connectivity index (χ1n) is 5.21. The third-order valence-electron chi connectivity index (χ3n) is 2.28. The molecule has 0 bridgehead atoms. The van der Waals surface area contributed by atoms with Crippen LogP contribution in [-0.4, -0.2) is 15.9 Å². The number of rotatable bonds is 4. The molecule has 0 saturated heterocycles. The SMILES string of the molecule is NC(=O)OCc1cccc(Cn2cccn2)c1. The fourth-order valence-corrected chi connectivity index (χ4v) is 1.55. The number of amides is 1. The molecule has 0 unspecified atom stereocenters. The fourth-order valence-electron chi connectivity index (χ4n) is 1.55. The van der Waals surface area contributed by atoms with Crippen LogP contribution < -0.4 is 5.73 Å². The van der Waals surface area contributed by atoms with Gasteiger partial charge in [-0.25, -0.2) is 4.79 Å². The Hall–Kier alpha value is -2.30. The smallest absolute Gasteiger partial charge is 0.404 e. The summed E-state index contributed by atoms with van der Waals surface area (Å²) in [6.07, 6.45) is 2.87. The highest BCUT2D eigenvalue weighted by molar-refractivity contribution is 5.64. The van der Waals surface area contributed by atoms with Crippen molar-refractivity contribution in [2.75, 3.05) is 0 Å². The zero-order valence-electron chi connectivity index (χ0n) is 9.24. The molecule has 0 aliphatic rings. The summed E-state index contributed by atoms with van der Waals surface area (Å²) in [4.78, 5) is 10.5. The molecule has 88 valence electrons. The van der Waals surface area contributed by atoms with Crippen molar-refractivity contribution in [3.63, 3.8) is 0 Å². The Labute approximate surface area is 98.8 Å². The topological polar surface area (TPSA) is 70.1 Å². The van der Waals surface area contributed by atoms with E-state index < -0.39 is 6.09 Å². The van der Waals surface area contributed by atoms with Crippen LogP contribution in [0.1, 0.15) is 11.1 Å². The van der Waals surface area contributed by atoms with Gasteiger partial charge in [-0.05, 0) is 17.2 Å². The normalized spacial score (nSPS) is 10.1. The fraction of sp³-hybridized carbons (Fsp3) is 0.167. The Kier molecular flexibility index (Phi) is 3.40. The van der Waals surface area contributed by atoms with Crippen molar-refractivity contribution >= 4 is 6.09 Å². The first-order valence-corrected chi connectivity index (χ1v) is 5.21. The number of ether oxygens (including phenoxy) is 1. The molecule has 0 aliphatic carbocycles. The van der Waals surface area contributed by atoms with E-state index in [4.69, 9.17) is 10.5 Å². The van der Waals surface area contributed by atoms with Crippen molar-refractivity contribution in [3.05, 3.63) is 53.9 Å². The third-order valence-corrected chi connectivity index (χ3v) is 2.28. The zero-order chi connectivity index (χ0) is 12.1. The Morgan fingerprint density at radius 3 is 2.88 bits per heavy atom. The number of nitrogens with zero attached hydrogens (tertiary/aromatic N) is 2. The van der Waals surface area contributed by atoms with Gasteiger partial charge in [0.25, 0.3) is 0 Å². The number of benzene rings is 1. The number of carbonyl (C=O) groups excluding carboxylic acids is 1. The predicted molar refractivity (Wildman–Crippen MR) is 62.1 cm³/mol. The number of hydrogen-bond donors (Lipinski definition) is 1. The first-order chi connectivity index (χ1) is 8.24. The molecular weight excluding hydrogens is 218 g/mol. The van der Waals surface area contributed by atoms with E-state index in [0.717, 1.165) is 11.1 Å². The van der Waals surface area contributed by atoms with E-state index in [2.05, 4.69) is 5.10 Å². The van der Waals surface area contributed by atoms with E-state index in [0.29, 0.717) is 6.54 Å². The van der Waals surface area contributed by atoms with Gasteiger partial charge in [-0.3, -0.25) is 4.68 Å². The lowest BCUT2D eigenvalue weighted by molar-refractivity contribution is 0.150. The number of hydrogen-bond acceptors (Lipinski definition) is 3. The highest BCUT2D eigenvalue weighted by atomic mass is 16.5. The first kappa shape index (κ1) is 11.2. The second-order valence-electron chi connectivity index (χ2n) is 3.63. The minimum Gasteiger partial charge on any atom is -0.445 e. The van der Waals surface area contributed by atoms with E-state index in [1.165, 1.54) is 0 Å². The van der Waals surface area contributed by atoms with E-state index in [1.807, 2.05) is 41.2 Å². The van der Waals surface area contributed by atoms with Crippen LogP contribution in [0.2, 0.25) is 0 Å². The number of nitrogens with two attached hydrogens (primary N) is 1. The number of carbonyl (C=O) groups is 1. The van der Waals surface area contributed by atoms with E-state index in [9.17, 15) is 4.79 Å². The molecule has 5 nitrogen and oxygen atoms in total. The Morgan fingerprint density at radius 2 is 2.18 bits per heavy atom. The van der Waals surface area contributed by atoms with Gasteiger partial charge in [-0.15, -0.1) is 0 Å². The van der Waals surface area contributed by atoms with Crippen LogP contribution in [0.5, 0.6) is 0 Å². The molecule has 0 aliphatic heterocycles. The molecular formula is C12H13N3O2. The van der Waals surface area contributed by atoms with E-state index >= 15 is 0 Å². The second kappa shape index (κ2) is 5.16. The zero-order valence-corrected chi connectivity index (χ0v) is 9.24. The van der Waals surface area contributed by atoms with Gasteiger partial charge in [0.2, 0.25) is 0 Å². The van der Waals surface area contributed by atoms with E-state index in [-0.39, 0.29) is 6.61 Å². The van der Waals surface area contributed by atoms with Crippen molar-refractivity contribution in [1.29, 1.82) is 0 Å². The van der Waals surface area contributed by atoms with Crippen molar-refractivity contribution in [3.8, 4) is 0 Å². The van der Waals surface area contributed by atoms with Crippen LogP contribution in [0.15, 0.2) is 42.7 Å². The molecule has 1 amide bonds. The average molecular weight is 231 g/mol. The van der Waals surface area contributed by atoms with Gasteiger partial charge in [-0.2, -0.15) is 5.10 Å². The van der Waals surface area contributed by atoms with Crippen molar-refractivity contribution in [2.24, 2.45) is 5.73 Å². The molecule has 2 N–H and O–H groups in total. The van der Waals surface area contributed by atoms with Crippen LogP contribution >= 0.6 is 0 Å². The van der Waals surface area contributed by atoms with Gasteiger partial charge < -0.3 is 10.5 Å². The van der Waals surface area contributed by atoms with Crippen LogP contribution in [0, 0.1) is 0 Å². The summed E-state index contributed by atoms with van der Waals surface area (Å²) in [5.74, 6) is 0. The summed E-state index contributed by atoms with van der Waals surface area (Å²) in [6.45, 7) is 0.889. The largest absolute Gasteiger partial charge is 0.445 e. The van der Waals surface area contributed by atoms with Crippen molar-refractivity contribution < 1.29 is 9.53 Å². The maximum Gasteiger partial charge on any atom is 0.404 e. The molecule has 5 heteroatoms. The van der Waals surface area contributed by atoms with Gasteiger partial charge in [0, 0.05) is 12.4 Å². The average Bonchev–Trinajstić information content (AvgIpc) is 2.80. The highest BCUT2D eigenvalue weighted by Gasteiger charge is 2.00. The molecule has 0 fully saturated rings. The number of primary amides is 1. The quantitative estimate of drug-likeness (QED) is 0.867. The van der Waals surface area contributed by atoms with Crippen molar-refractivity contribution in [2.45, 2.75) is 13.2 Å². The molecule has 2 aromatic rings. The standard InChI is InChI=1S/C12H13N3O2/c13-12(16)17-9-11-4-1-3-10(7-11)8-15-6-2-5-14-15/h1-7H,8-9H2,(H2,13,16). The summed E-state index contributed by atoms with van der Waals surface area (Å²) >= 11 is 0. The predicted octanol–water partition coefficient (Wildman–Crippen LogP) is 1.53. The monoisotopic (exact) mass is 231 g/mol. The Bertz CT molecular complexity index is 494. The summed E-state index contributed by atoms with van der Waals surface area (Å²) in [6, 6.07) is 9.63. The summed E-state index contributed by atoms with van der Waals surface area (Å²) in [7, 11) is 0. The minimum atomic E-state index is -0.762. The molecule has 1 aromatic carbocycles. The Balaban J connectivity index is 2.03. The van der Waals surface area contributed by atoms with E-state index in [1.54, 1.807) is 6.20 Å². The molecule has 0 spiro atoms. The van der Waals surface area contributed by atoms with Crippen LogP contribution in [0.3, 0.4) is 0 Å². The molecule has 1 aromatic heterocycles. The molecule has 0 atom stereocenters. The van der Waals surface area contributed by atoms with Gasteiger partial charge >= 0.3 is 6.09 Å². The van der Waals surface area contributed by atoms with Crippen LogP contribution in [0.25, 0.3) is 0 Å². The maximum atomic E-state index is 10.5. The van der Waals surface area contributed by atoms with Gasteiger partial charge in [0.1, 0.15) is 6.61 Å². The second-order valence-corrected chi connectivity index (χ2v) is 3.63. The number of aromatic nitrogens is 2. The van der Waals surface area contributed by atoms with Crippen LogP contribution in [0.4, 0.5) is 4.79 Å². The van der Waals surface area contributed by atoms with Crippen LogP contribution in [-0.2, 0) is 17.9 Å². The maximum absolute atomic E-state index is 10.5. The highest BCUT2D eigenvalue weighted by Crippen LogP contribution is 2.08. The third kappa shape index (κ3) is 3.34. The minimum absolute atomic E-state index is 0.197. The molecule has 17 heavy (non-hydrogen) atoms. The summed E-state index contributed by atoms with van der Waals surface area (Å²) < 4.78 is 6.56. The lowest BCUT2D eigenvalue weighted by Gasteiger charge is -2.05. The molecule has 2 rings (SSSR count). The van der Waals surface area contributed by atoms with Gasteiger partial charge in [0.05, 0.1) is 6.54 Å². The summed E-state index contributed by atoms with van der Waals surface area (Å²) in [5.41, 5.74) is 6.92. The summed E-state index contributed by atoms with van der Waals surface area (Å²) in [5, 5.41) is 4.13. The van der Waals surface area contributed by atoms with Gasteiger partial charge in [0.15, 0.2) is 0 Å². The Morgan fingerprint density at radius 1 is 1.35 bits per heavy atom. The molecule has 0 saturated carbocycles. The van der Waals surface area contributed by atoms with Crippen molar-refractivity contribution in [1.82, 2.24) is 9.78 Å².